The Labute approximate surface area is 101 Å². The first-order valence-corrected chi connectivity index (χ1v) is 6.69. The van der Waals surface area contributed by atoms with Crippen LogP contribution in [-0.4, -0.2) is 12.2 Å². The minimum absolute atomic E-state index is 0.134. The summed E-state index contributed by atoms with van der Waals surface area (Å²) < 4.78 is 5.82. The monoisotopic (exact) mass is 222 g/mol. The van der Waals surface area contributed by atoms with E-state index in [0.29, 0.717) is 0 Å². The Hall–Kier alpha value is -0.560. The van der Waals surface area contributed by atoms with Crippen LogP contribution in [0.3, 0.4) is 0 Å². The van der Waals surface area contributed by atoms with Gasteiger partial charge in [0.25, 0.3) is 0 Å². The third-order valence-electron chi connectivity index (χ3n) is 3.45. The fourth-order valence-corrected chi connectivity index (χ4v) is 2.29. The molecule has 0 saturated carbocycles. The van der Waals surface area contributed by atoms with E-state index < -0.39 is 0 Å². The van der Waals surface area contributed by atoms with Gasteiger partial charge in [-0.05, 0) is 25.3 Å². The highest BCUT2D eigenvalue weighted by atomic mass is 16.5. The zero-order chi connectivity index (χ0) is 11.9. The maximum atomic E-state index is 5.82. The van der Waals surface area contributed by atoms with Crippen molar-refractivity contribution < 1.29 is 4.74 Å². The molecule has 1 aliphatic heterocycles. The molecule has 1 rings (SSSR count). The molecule has 92 valence electrons. The van der Waals surface area contributed by atoms with Crippen LogP contribution in [0, 0.1) is 0 Å². The normalized spacial score (nSPS) is 23.9. The Kier molecular flexibility index (Phi) is 5.83. The van der Waals surface area contributed by atoms with E-state index >= 15 is 0 Å². The lowest BCUT2D eigenvalue weighted by molar-refractivity contribution is 0.0472. The molecule has 0 aromatic carbocycles. The summed E-state index contributed by atoms with van der Waals surface area (Å²) in [5.41, 5.74) is 1.01. The van der Waals surface area contributed by atoms with Crippen molar-refractivity contribution in [3.05, 3.63) is 24.3 Å². The van der Waals surface area contributed by atoms with Crippen LogP contribution in [-0.2, 0) is 4.74 Å². The van der Waals surface area contributed by atoms with Crippen LogP contribution < -0.4 is 0 Å². The Morgan fingerprint density at radius 2 is 1.94 bits per heavy atom. The summed E-state index contributed by atoms with van der Waals surface area (Å²) in [5, 5.41) is 0. The minimum Gasteiger partial charge on any atom is -0.362 e. The third-order valence-corrected chi connectivity index (χ3v) is 3.45. The topological polar surface area (TPSA) is 9.23 Å². The van der Waals surface area contributed by atoms with Gasteiger partial charge < -0.3 is 4.74 Å². The van der Waals surface area contributed by atoms with E-state index in [1.54, 1.807) is 0 Å². The van der Waals surface area contributed by atoms with Crippen molar-refractivity contribution in [2.75, 3.05) is 6.61 Å². The lowest BCUT2D eigenvalue weighted by Gasteiger charge is -2.27. The maximum absolute atomic E-state index is 5.82. The van der Waals surface area contributed by atoms with E-state index in [1.807, 2.05) is 0 Å². The zero-order valence-corrected chi connectivity index (χ0v) is 10.9. The van der Waals surface area contributed by atoms with Crippen LogP contribution in [0.15, 0.2) is 24.3 Å². The lowest BCUT2D eigenvalue weighted by Crippen LogP contribution is -2.28. The summed E-state index contributed by atoms with van der Waals surface area (Å²) in [5.74, 6) is 0. The zero-order valence-electron chi connectivity index (χ0n) is 10.9. The van der Waals surface area contributed by atoms with Crippen molar-refractivity contribution in [1.29, 1.82) is 0 Å². The Morgan fingerprint density at radius 1 is 1.25 bits per heavy atom. The molecule has 0 fully saturated rings. The predicted molar refractivity (Wildman–Crippen MR) is 70.6 cm³/mol. The molecule has 1 atom stereocenters. The lowest BCUT2D eigenvalue weighted by atomic mass is 9.90. The fourth-order valence-electron chi connectivity index (χ4n) is 2.29. The smallest absolute Gasteiger partial charge is 0.107 e. The van der Waals surface area contributed by atoms with Gasteiger partial charge in [-0.15, -0.1) is 0 Å². The molecular formula is C15H26O. The average Bonchev–Trinajstić information content (AvgIpc) is 2.73. The third kappa shape index (κ3) is 3.79. The summed E-state index contributed by atoms with van der Waals surface area (Å²) in [6.07, 6.45) is 13.4. The molecule has 1 aliphatic rings. The fraction of sp³-hybridized carbons (Fsp3) is 0.733. The molecule has 0 aromatic heterocycles. The molecular weight excluding hydrogens is 196 g/mol. The quantitative estimate of drug-likeness (QED) is 0.429. The summed E-state index contributed by atoms with van der Waals surface area (Å²) in [4.78, 5) is 0. The maximum Gasteiger partial charge on any atom is 0.107 e. The van der Waals surface area contributed by atoms with Crippen LogP contribution in [0.5, 0.6) is 0 Å². The van der Waals surface area contributed by atoms with Crippen LogP contribution in [0.2, 0.25) is 0 Å². The SMILES string of the molecule is C=C(C)C1(CCCCCCCC)C=CCO1. The molecule has 0 spiro atoms. The van der Waals surface area contributed by atoms with Crippen LogP contribution in [0.4, 0.5) is 0 Å². The highest BCUT2D eigenvalue weighted by Crippen LogP contribution is 2.32. The van der Waals surface area contributed by atoms with Gasteiger partial charge in [0, 0.05) is 0 Å². The number of rotatable bonds is 8. The first kappa shape index (κ1) is 13.5. The second-order valence-electron chi connectivity index (χ2n) is 4.90. The van der Waals surface area contributed by atoms with E-state index in [4.69, 9.17) is 4.74 Å². The molecule has 0 aromatic rings. The number of ether oxygens (including phenoxy) is 1. The van der Waals surface area contributed by atoms with Crippen LogP contribution >= 0.6 is 0 Å². The first-order valence-electron chi connectivity index (χ1n) is 6.69. The first-order chi connectivity index (χ1) is 7.71. The summed E-state index contributed by atoms with van der Waals surface area (Å²) in [7, 11) is 0. The van der Waals surface area contributed by atoms with Gasteiger partial charge in [-0.1, -0.05) is 57.8 Å². The summed E-state index contributed by atoms with van der Waals surface area (Å²) in [6, 6.07) is 0. The summed E-state index contributed by atoms with van der Waals surface area (Å²) >= 11 is 0. The van der Waals surface area contributed by atoms with E-state index in [1.165, 1.54) is 38.5 Å². The van der Waals surface area contributed by atoms with Gasteiger partial charge in [0.15, 0.2) is 0 Å². The van der Waals surface area contributed by atoms with Crippen LogP contribution in [0.1, 0.15) is 58.8 Å². The van der Waals surface area contributed by atoms with Crippen molar-refractivity contribution in [2.24, 2.45) is 0 Å². The number of hydrogen-bond donors (Lipinski definition) is 0. The molecule has 0 aliphatic carbocycles. The highest BCUT2D eigenvalue weighted by Gasteiger charge is 2.30. The van der Waals surface area contributed by atoms with Crippen molar-refractivity contribution in [3.63, 3.8) is 0 Å². The van der Waals surface area contributed by atoms with Gasteiger partial charge in [0.05, 0.1) is 6.61 Å². The molecule has 1 heteroatoms. The Bertz CT molecular complexity index is 242. The van der Waals surface area contributed by atoms with Crippen molar-refractivity contribution >= 4 is 0 Å². The molecule has 1 unspecified atom stereocenters. The molecule has 0 radical (unpaired) electrons. The average molecular weight is 222 g/mol. The Morgan fingerprint density at radius 3 is 2.50 bits per heavy atom. The molecule has 16 heavy (non-hydrogen) atoms. The molecule has 0 N–H and O–H groups in total. The van der Waals surface area contributed by atoms with Gasteiger partial charge in [-0.3, -0.25) is 0 Å². The molecule has 0 bridgehead atoms. The van der Waals surface area contributed by atoms with Crippen molar-refractivity contribution in [3.8, 4) is 0 Å². The predicted octanol–water partition coefficient (Wildman–Crippen LogP) is 4.64. The molecule has 0 amide bonds. The van der Waals surface area contributed by atoms with Gasteiger partial charge in [-0.2, -0.15) is 0 Å². The van der Waals surface area contributed by atoms with Gasteiger partial charge >= 0.3 is 0 Å². The molecule has 1 heterocycles. The second kappa shape index (κ2) is 6.90. The highest BCUT2D eigenvalue weighted by molar-refractivity contribution is 5.24. The van der Waals surface area contributed by atoms with Gasteiger partial charge in [-0.25, -0.2) is 0 Å². The Balaban J connectivity index is 2.19. The van der Waals surface area contributed by atoms with E-state index in [-0.39, 0.29) is 5.60 Å². The van der Waals surface area contributed by atoms with E-state index in [0.717, 1.165) is 18.6 Å². The largest absolute Gasteiger partial charge is 0.362 e. The molecule has 1 nitrogen and oxygen atoms in total. The van der Waals surface area contributed by atoms with Crippen molar-refractivity contribution in [2.45, 2.75) is 64.4 Å². The van der Waals surface area contributed by atoms with Gasteiger partial charge in [0.2, 0.25) is 0 Å². The van der Waals surface area contributed by atoms with Crippen LogP contribution in [0.25, 0.3) is 0 Å². The second-order valence-corrected chi connectivity index (χ2v) is 4.90. The van der Waals surface area contributed by atoms with E-state index in [2.05, 4.69) is 32.6 Å². The number of hydrogen-bond acceptors (Lipinski definition) is 1. The molecule has 0 saturated heterocycles. The minimum atomic E-state index is -0.134. The standard InChI is InChI=1S/C15H26O/c1-4-5-6-7-8-9-11-15(14(2)3)12-10-13-16-15/h10,12H,2,4-9,11,13H2,1,3H3. The van der Waals surface area contributed by atoms with Crippen molar-refractivity contribution in [1.82, 2.24) is 0 Å². The van der Waals surface area contributed by atoms with E-state index in [9.17, 15) is 0 Å². The van der Waals surface area contributed by atoms with Gasteiger partial charge in [0.1, 0.15) is 5.60 Å². The number of unbranched alkanes of at least 4 members (excludes halogenated alkanes) is 5. The summed E-state index contributed by atoms with van der Waals surface area (Å²) in [6.45, 7) is 9.15.